The number of hydrogen-bond donors (Lipinski definition) is 0. The van der Waals surface area contributed by atoms with E-state index in [1.54, 1.807) is 31.2 Å². The summed E-state index contributed by atoms with van der Waals surface area (Å²) < 4.78 is 5.14. The first-order valence-electron chi connectivity index (χ1n) is 5.58. The first-order chi connectivity index (χ1) is 8.95. The van der Waals surface area contributed by atoms with Crippen LogP contribution >= 0.6 is 46.4 Å². The molecular formula is C13H12Cl4O2. The molecule has 0 aliphatic heterocycles. The summed E-state index contributed by atoms with van der Waals surface area (Å²) in [5.41, 5.74) is 0.707. The maximum atomic E-state index is 11.9. The summed E-state index contributed by atoms with van der Waals surface area (Å²) in [7, 11) is 0. The lowest BCUT2D eigenvalue weighted by atomic mass is 9.96. The zero-order chi connectivity index (χ0) is 14.4. The highest BCUT2D eigenvalue weighted by Crippen LogP contribution is 2.30. The summed E-state index contributed by atoms with van der Waals surface area (Å²) in [5, 5.41) is 0.813. The molecule has 1 aromatic rings. The van der Waals surface area contributed by atoms with Gasteiger partial charge in [-0.05, 0) is 31.0 Å². The molecule has 0 aliphatic rings. The van der Waals surface area contributed by atoms with Crippen molar-refractivity contribution in [3.8, 4) is 0 Å². The Labute approximate surface area is 132 Å². The molecule has 0 amide bonds. The van der Waals surface area contributed by atoms with Gasteiger partial charge in [-0.15, -0.1) is 0 Å². The molecule has 0 aliphatic carbocycles. The van der Waals surface area contributed by atoms with Gasteiger partial charge in [0.2, 0.25) is 0 Å². The average molecular weight is 342 g/mol. The van der Waals surface area contributed by atoms with Crippen molar-refractivity contribution >= 4 is 52.4 Å². The van der Waals surface area contributed by atoms with Crippen LogP contribution in [-0.4, -0.2) is 12.6 Å². The predicted molar refractivity (Wildman–Crippen MR) is 80.2 cm³/mol. The Morgan fingerprint density at radius 2 is 2.00 bits per heavy atom. The van der Waals surface area contributed by atoms with Crippen molar-refractivity contribution in [3.63, 3.8) is 0 Å². The number of esters is 1. The summed E-state index contributed by atoms with van der Waals surface area (Å²) >= 11 is 23.0. The molecule has 104 valence electrons. The van der Waals surface area contributed by atoms with Crippen molar-refractivity contribution in [2.75, 3.05) is 6.61 Å². The SMILES string of the molecule is CCOC(=O)C(CC=C(Cl)Cl)c1ccc(Cl)c(Cl)c1. The number of ether oxygens (including phenoxy) is 1. The van der Waals surface area contributed by atoms with E-state index in [1.165, 1.54) is 0 Å². The highest BCUT2D eigenvalue weighted by Gasteiger charge is 2.21. The van der Waals surface area contributed by atoms with E-state index >= 15 is 0 Å². The molecule has 1 rings (SSSR count). The molecule has 0 saturated heterocycles. The summed E-state index contributed by atoms with van der Waals surface area (Å²) in [5.74, 6) is -0.867. The van der Waals surface area contributed by atoms with Crippen molar-refractivity contribution in [1.29, 1.82) is 0 Å². The van der Waals surface area contributed by atoms with Crippen molar-refractivity contribution in [2.45, 2.75) is 19.3 Å². The second kappa shape index (κ2) is 8.01. The van der Waals surface area contributed by atoms with E-state index in [2.05, 4.69) is 0 Å². The number of rotatable bonds is 5. The standard InChI is InChI=1S/C13H12Cl4O2/c1-2-19-13(18)9(4-6-12(16)17)8-3-5-10(14)11(15)7-8/h3,5-7,9H,2,4H2,1H3. The van der Waals surface area contributed by atoms with Gasteiger partial charge >= 0.3 is 5.97 Å². The van der Waals surface area contributed by atoms with Crippen LogP contribution in [0.15, 0.2) is 28.8 Å². The first kappa shape index (κ1) is 16.6. The van der Waals surface area contributed by atoms with Gasteiger partial charge in [-0.3, -0.25) is 4.79 Å². The third-order valence-electron chi connectivity index (χ3n) is 2.42. The van der Waals surface area contributed by atoms with Gasteiger partial charge in [0.25, 0.3) is 0 Å². The first-order valence-corrected chi connectivity index (χ1v) is 7.09. The fraction of sp³-hybridized carbons (Fsp3) is 0.308. The molecular weight excluding hydrogens is 330 g/mol. The summed E-state index contributed by atoms with van der Waals surface area (Å²) in [4.78, 5) is 11.9. The lowest BCUT2D eigenvalue weighted by molar-refractivity contribution is -0.144. The summed E-state index contributed by atoms with van der Waals surface area (Å²) in [6.07, 6.45) is 1.88. The maximum absolute atomic E-state index is 11.9. The van der Waals surface area contributed by atoms with Crippen LogP contribution in [0.2, 0.25) is 10.0 Å². The minimum Gasteiger partial charge on any atom is -0.466 e. The molecule has 0 bridgehead atoms. The van der Waals surface area contributed by atoms with E-state index in [0.717, 1.165) is 0 Å². The van der Waals surface area contributed by atoms with E-state index in [9.17, 15) is 4.79 Å². The largest absolute Gasteiger partial charge is 0.466 e. The highest BCUT2D eigenvalue weighted by atomic mass is 35.5. The van der Waals surface area contributed by atoms with Gasteiger partial charge in [0, 0.05) is 0 Å². The normalized spacial score (nSPS) is 11.8. The monoisotopic (exact) mass is 340 g/mol. The van der Waals surface area contributed by atoms with Gasteiger partial charge in [-0.2, -0.15) is 0 Å². The van der Waals surface area contributed by atoms with Gasteiger partial charge < -0.3 is 4.74 Å². The van der Waals surface area contributed by atoms with Crippen molar-refractivity contribution in [2.24, 2.45) is 0 Å². The highest BCUT2D eigenvalue weighted by molar-refractivity contribution is 6.55. The zero-order valence-corrected chi connectivity index (χ0v) is 13.2. The Bertz CT molecular complexity index is 482. The minimum absolute atomic E-state index is 0.106. The number of halogens is 4. The van der Waals surface area contributed by atoms with Crippen LogP contribution in [0.3, 0.4) is 0 Å². The van der Waals surface area contributed by atoms with Crippen LogP contribution in [0.5, 0.6) is 0 Å². The summed E-state index contributed by atoms with van der Waals surface area (Å²) in [6.45, 7) is 2.04. The molecule has 1 unspecified atom stereocenters. The Balaban J connectivity index is 3.03. The lowest BCUT2D eigenvalue weighted by Gasteiger charge is -2.15. The number of carbonyl (C=O) groups is 1. The summed E-state index contributed by atoms with van der Waals surface area (Å²) in [6, 6.07) is 5.00. The van der Waals surface area contributed by atoms with Gasteiger partial charge in [-0.1, -0.05) is 58.5 Å². The molecule has 0 aromatic heterocycles. The molecule has 0 spiro atoms. The second-order valence-electron chi connectivity index (χ2n) is 3.71. The van der Waals surface area contributed by atoms with Crippen molar-refractivity contribution in [3.05, 3.63) is 44.4 Å². The van der Waals surface area contributed by atoms with E-state index < -0.39 is 5.92 Å². The molecule has 0 saturated carbocycles. The van der Waals surface area contributed by atoms with Gasteiger partial charge in [0.1, 0.15) is 4.49 Å². The van der Waals surface area contributed by atoms with Crippen LogP contribution in [0.4, 0.5) is 0 Å². The molecule has 0 N–H and O–H groups in total. The molecule has 0 radical (unpaired) electrons. The lowest BCUT2D eigenvalue weighted by Crippen LogP contribution is -2.15. The van der Waals surface area contributed by atoms with Gasteiger partial charge in [0.15, 0.2) is 0 Å². The zero-order valence-electron chi connectivity index (χ0n) is 10.1. The number of benzene rings is 1. The Morgan fingerprint density at radius 1 is 1.32 bits per heavy atom. The van der Waals surface area contributed by atoms with E-state index in [1.807, 2.05) is 0 Å². The van der Waals surface area contributed by atoms with E-state index in [4.69, 9.17) is 51.1 Å². The average Bonchev–Trinajstić information content (AvgIpc) is 2.33. The molecule has 2 nitrogen and oxygen atoms in total. The second-order valence-corrected chi connectivity index (χ2v) is 5.53. The fourth-order valence-electron chi connectivity index (χ4n) is 1.55. The topological polar surface area (TPSA) is 26.3 Å². The fourth-order valence-corrected chi connectivity index (χ4v) is 2.03. The van der Waals surface area contributed by atoms with Crippen molar-refractivity contribution < 1.29 is 9.53 Å². The Hall–Kier alpha value is -0.410. The van der Waals surface area contributed by atoms with Gasteiger partial charge in [0.05, 0.1) is 22.6 Å². The third-order valence-corrected chi connectivity index (χ3v) is 3.47. The predicted octanol–water partition coefficient (Wildman–Crippen LogP) is 5.35. The third kappa shape index (κ3) is 5.23. The number of allylic oxidation sites excluding steroid dienone is 1. The van der Waals surface area contributed by atoms with Gasteiger partial charge in [-0.25, -0.2) is 0 Å². The molecule has 1 atom stereocenters. The molecule has 0 fully saturated rings. The van der Waals surface area contributed by atoms with Crippen LogP contribution in [0.25, 0.3) is 0 Å². The van der Waals surface area contributed by atoms with Crippen LogP contribution < -0.4 is 0 Å². The maximum Gasteiger partial charge on any atom is 0.313 e. The number of hydrogen-bond acceptors (Lipinski definition) is 2. The smallest absolute Gasteiger partial charge is 0.313 e. The van der Waals surface area contributed by atoms with E-state index in [0.29, 0.717) is 28.6 Å². The minimum atomic E-state index is -0.512. The Kier molecular flexibility index (Phi) is 7.01. The van der Waals surface area contributed by atoms with Crippen molar-refractivity contribution in [1.82, 2.24) is 0 Å². The van der Waals surface area contributed by atoms with Crippen LogP contribution in [0.1, 0.15) is 24.8 Å². The molecule has 19 heavy (non-hydrogen) atoms. The number of carbonyl (C=O) groups excluding carboxylic acids is 1. The molecule has 0 heterocycles. The van der Waals surface area contributed by atoms with Crippen LogP contribution in [0, 0.1) is 0 Å². The molecule has 6 heteroatoms. The molecule has 1 aromatic carbocycles. The quantitative estimate of drug-likeness (QED) is 0.675. The van der Waals surface area contributed by atoms with E-state index in [-0.39, 0.29) is 10.5 Å². The Morgan fingerprint density at radius 3 is 2.53 bits per heavy atom. The van der Waals surface area contributed by atoms with Crippen LogP contribution in [-0.2, 0) is 9.53 Å².